The fourth-order valence-corrected chi connectivity index (χ4v) is 3.55. The number of ether oxygens (including phenoxy) is 2. The third kappa shape index (κ3) is 4.70. The lowest BCUT2D eigenvalue weighted by Gasteiger charge is -2.17. The summed E-state index contributed by atoms with van der Waals surface area (Å²) in [6.45, 7) is 8.52. The van der Waals surface area contributed by atoms with Crippen LogP contribution < -0.4 is 0 Å². The van der Waals surface area contributed by atoms with Gasteiger partial charge in [-0.25, -0.2) is 0 Å². The van der Waals surface area contributed by atoms with Crippen molar-refractivity contribution >= 4 is 17.4 Å². The van der Waals surface area contributed by atoms with Gasteiger partial charge in [-0.15, -0.1) is 0 Å². The molecule has 2 aromatic rings. The van der Waals surface area contributed by atoms with E-state index in [1.807, 2.05) is 25.3 Å². The summed E-state index contributed by atoms with van der Waals surface area (Å²) >= 11 is 0. The van der Waals surface area contributed by atoms with Gasteiger partial charge in [-0.3, -0.25) is 24.4 Å². The molecule has 2 aromatic heterocycles. The van der Waals surface area contributed by atoms with Crippen LogP contribution in [0.5, 0.6) is 0 Å². The van der Waals surface area contributed by atoms with E-state index in [1.165, 1.54) is 18.5 Å². The molecule has 2 rings (SSSR count). The summed E-state index contributed by atoms with van der Waals surface area (Å²) in [6, 6.07) is 1.83. The summed E-state index contributed by atoms with van der Waals surface area (Å²) in [7, 11) is 1.62. The zero-order valence-corrected chi connectivity index (χ0v) is 17.5. The molecule has 0 bridgehead atoms. The van der Waals surface area contributed by atoms with Crippen LogP contribution in [0.1, 0.15) is 46.1 Å². The first-order chi connectivity index (χ1) is 13.6. The highest BCUT2D eigenvalue weighted by Crippen LogP contribution is 2.22. The summed E-state index contributed by atoms with van der Waals surface area (Å²) in [6.07, 6.45) is 0. The van der Waals surface area contributed by atoms with E-state index in [2.05, 4.69) is 5.10 Å². The summed E-state index contributed by atoms with van der Waals surface area (Å²) in [5.41, 5.74) is 2.52. The van der Waals surface area contributed by atoms with Crippen LogP contribution in [-0.2, 0) is 20.8 Å². The molecule has 10 nitrogen and oxygen atoms in total. The molecule has 158 valence electrons. The number of aromatic nitrogens is 3. The SMILES string of the molecule is COC[C@H](C)n1c(C)cc(C(=O)COC(=O)Cn2nc(C)c([N+](=O)[O-])c2C)c1C. The third-order valence-electron chi connectivity index (χ3n) is 4.80. The van der Waals surface area contributed by atoms with Crippen molar-refractivity contribution in [1.82, 2.24) is 14.3 Å². The first-order valence-electron chi connectivity index (χ1n) is 9.13. The lowest BCUT2D eigenvalue weighted by Crippen LogP contribution is -2.20. The van der Waals surface area contributed by atoms with Crippen molar-refractivity contribution in [3.8, 4) is 0 Å². The Balaban J connectivity index is 2.05. The third-order valence-corrected chi connectivity index (χ3v) is 4.80. The fraction of sp³-hybridized carbons (Fsp3) is 0.526. The number of ketones is 1. The highest BCUT2D eigenvalue weighted by atomic mass is 16.6. The van der Waals surface area contributed by atoms with Gasteiger partial charge in [0.2, 0.25) is 5.78 Å². The predicted molar refractivity (Wildman–Crippen MR) is 104 cm³/mol. The minimum atomic E-state index is -0.694. The summed E-state index contributed by atoms with van der Waals surface area (Å²) < 4.78 is 13.5. The van der Waals surface area contributed by atoms with Gasteiger partial charge in [-0.05, 0) is 40.7 Å². The Morgan fingerprint density at radius 3 is 2.45 bits per heavy atom. The van der Waals surface area contributed by atoms with Gasteiger partial charge >= 0.3 is 11.7 Å². The number of aryl methyl sites for hydroxylation is 2. The molecule has 0 spiro atoms. The van der Waals surface area contributed by atoms with Gasteiger partial charge < -0.3 is 14.0 Å². The second kappa shape index (κ2) is 8.99. The molecule has 1 atom stereocenters. The number of methoxy groups -OCH3 is 1. The van der Waals surface area contributed by atoms with Crippen molar-refractivity contribution in [3.05, 3.63) is 44.5 Å². The number of nitrogens with zero attached hydrogens (tertiary/aromatic N) is 4. The van der Waals surface area contributed by atoms with Crippen LogP contribution in [0.25, 0.3) is 0 Å². The van der Waals surface area contributed by atoms with Gasteiger partial charge in [0.1, 0.15) is 17.9 Å². The molecule has 0 saturated heterocycles. The Morgan fingerprint density at radius 1 is 1.24 bits per heavy atom. The highest BCUT2D eigenvalue weighted by molar-refractivity contribution is 5.99. The Morgan fingerprint density at radius 2 is 1.90 bits per heavy atom. The van der Waals surface area contributed by atoms with Crippen LogP contribution in [0.4, 0.5) is 5.69 Å². The number of Topliss-reactive ketones (excluding diaryl/α,β-unsaturated/α-hetero) is 1. The quantitative estimate of drug-likeness (QED) is 0.272. The molecule has 29 heavy (non-hydrogen) atoms. The van der Waals surface area contributed by atoms with Crippen LogP contribution >= 0.6 is 0 Å². The van der Waals surface area contributed by atoms with Crippen LogP contribution in [-0.4, -0.2) is 51.3 Å². The number of esters is 1. The second-order valence-corrected chi connectivity index (χ2v) is 6.98. The molecule has 0 fully saturated rings. The van der Waals surface area contributed by atoms with Crippen molar-refractivity contribution in [3.63, 3.8) is 0 Å². The Labute approximate surface area is 168 Å². The van der Waals surface area contributed by atoms with Gasteiger partial charge in [0.25, 0.3) is 0 Å². The van der Waals surface area contributed by atoms with E-state index in [0.29, 0.717) is 12.2 Å². The molecule has 0 saturated carbocycles. The minimum absolute atomic E-state index is 0.0610. The first-order valence-corrected chi connectivity index (χ1v) is 9.13. The highest BCUT2D eigenvalue weighted by Gasteiger charge is 2.24. The fourth-order valence-electron chi connectivity index (χ4n) is 3.55. The predicted octanol–water partition coefficient (Wildman–Crippen LogP) is 2.46. The zero-order chi connectivity index (χ0) is 21.9. The maximum Gasteiger partial charge on any atom is 0.328 e. The molecule has 0 N–H and O–H groups in total. The standard InChI is InChI=1S/C19H26N4O6/c1-11-7-16(14(4)22(11)12(2)9-28-6)17(24)10-29-18(25)8-21-15(5)19(23(26)27)13(3)20-21/h7,12H,8-10H2,1-6H3/t12-/m0/s1. The van der Waals surface area contributed by atoms with Gasteiger partial charge in [-0.2, -0.15) is 5.10 Å². The Kier molecular flexibility index (Phi) is 6.91. The monoisotopic (exact) mass is 406 g/mol. The van der Waals surface area contributed by atoms with Gasteiger partial charge in [-0.1, -0.05) is 0 Å². The molecule has 0 amide bonds. The molecule has 0 unspecified atom stereocenters. The van der Waals surface area contributed by atoms with Gasteiger partial charge in [0, 0.05) is 24.1 Å². The number of hydrogen-bond donors (Lipinski definition) is 0. The van der Waals surface area contributed by atoms with Crippen LogP contribution in [0.15, 0.2) is 6.07 Å². The maximum atomic E-state index is 12.5. The number of hydrogen-bond acceptors (Lipinski definition) is 7. The number of carbonyl (C=O) groups excluding carboxylic acids is 2. The number of nitro groups is 1. The van der Waals surface area contributed by atoms with Crippen LogP contribution in [0.3, 0.4) is 0 Å². The van der Waals surface area contributed by atoms with Crippen LogP contribution in [0.2, 0.25) is 0 Å². The molecule has 0 aliphatic carbocycles. The van der Waals surface area contributed by atoms with Gasteiger partial charge in [0.05, 0.1) is 17.6 Å². The average Bonchev–Trinajstić information content (AvgIpc) is 3.08. The van der Waals surface area contributed by atoms with Crippen molar-refractivity contribution in [2.45, 2.75) is 47.2 Å². The van der Waals surface area contributed by atoms with Crippen molar-refractivity contribution < 1.29 is 24.0 Å². The van der Waals surface area contributed by atoms with E-state index in [4.69, 9.17) is 9.47 Å². The van der Waals surface area contributed by atoms with Crippen molar-refractivity contribution in [2.75, 3.05) is 20.3 Å². The number of rotatable bonds is 9. The average molecular weight is 406 g/mol. The molecule has 10 heteroatoms. The molecular weight excluding hydrogens is 380 g/mol. The lowest BCUT2D eigenvalue weighted by molar-refractivity contribution is -0.386. The molecular formula is C19H26N4O6. The van der Waals surface area contributed by atoms with E-state index in [-0.39, 0.29) is 35.4 Å². The second-order valence-electron chi connectivity index (χ2n) is 6.98. The molecule has 0 aliphatic heterocycles. The summed E-state index contributed by atoms with van der Waals surface area (Å²) in [4.78, 5) is 35.2. The van der Waals surface area contributed by atoms with Crippen molar-refractivity contribution in [1.29, 1.82) is 0 Å². The minimum Gasteiger partial charge on any atom is -0.456 e. The van der Waals surface area contributed by atoms with E-state index in [9.17, 15) is 19.7 Å². The Hall–Kier alpha value is -3.01. The lowest BCUT2D eigenvalue weighted by atomic mass is 10.1. The normalized spacial score (nSPS) is 12.1. The van der Waals surface area contributed by atoms with Crippen molar-refractivity contribution in [2.24, 2.45) is 0 Å². The smallest absolute Gasteiger partial charge is 0.328 e. The van der Waals surface area contributed by atoms with E-state index >= 15 is 0 Å². The summed E-state index contributed by atoms with van der Waals surface area (Å²) in [5, 5.41) is 15.0. The Bertz CT molecular complexity index is 943. The molecule has 2 heterocycles. The van der Waals surface area contributed by atoms with E-state index in [1.54, 1.807) is 13.2 Å². The van der Waals surface area contributed by atoms with E-state index in [0.717, 1.165) is 11.4 Å². The topological polar surface area (TPSA) is 118 Å². The van der Waals surface area contributed by atoms with Crippen LogP contribution in [0, 0.1) is 37.8 Å². The maximum absolute atomic E-state index is 12.5. The van der Waals surface area contributed by atoms with E-state index < -0.39 is 17.5 Å². The first kappa shape index (κ1) is 22.3. The van der Waals surface area contributed by atoms with Gasteiger partial charge in [0.15, 0.2) is 6.61 Å². The number of carbonyl (C=O) groups is 2. The molecule has 0 radical (unpaired) electrons. The largest absolute Gasteiger partial charge is 0.456 e. The molecule has 0 aromatic carbocycles. The summed E-state index contributed by atoms with van der Waals surface area (Å²) in [5.74, 6) is -1.01. The molecule has 0 aliphatic rings. The zero-order valence-electron chi connectivity index (χ0n) is 17.5.